The molecule has 3 atom stereocenters. The molecule has 3 nitrogen and oxygen atoms in total. The lowest BCUT2D eigenvalue weighted by Gasteiger charge is -2.37. The zero-order chi connectivity index (χ0) is 12.1. The summed E-state index contributed by atoms with van der Waals surface area (Å²) in [7, 11) is 0. The molecule has 2 saturated heterocycles. The van der Waals surface area contributed by atoms with Crippen LogP contribution in [0.3, 0.4) is 0 Å². The van der Waals surface area contributed by atoms with Gasteiger partial charge in [-0.3, -0.25) is 0 Å². The second-order valence-electron chi connectivity index (χ2n) is 5.67. The van der Waals surface area contributed by atoms with Gasteiger partial charge in [0.2, 0.25) is 0 Å². The highest BCUT2D eigenvalue weighted by Crippen LogP contribution is 2.35. The van der Waals surface area contributed by atoms with Crippen LogP contribution in [0.2, 0.25) is 0 Å². The van der Waals surface area contributed by atoms with Gasteiger partial charge in [0, 0.05) is 41.6 Å². The summed E-state index contributed by atoms with van der Waals surface area (Å²) in [4.78, 5) is 4.96. The Kier molecular flexibility index (Phi) is 2.55. The first kappa shape index (κ1) is 11.1. The molecule has 0 radical (unpaired) electrons. The third-order valence-electron chi connectivity index (χ3n) is 4.46. The summed E-state index contributed by atoms with van der Waals surface area (Å²) >= 11 is 3.56. The topological polar surface area (TPSA) is 15.7 Å². The van der Waals surface area contributed by atoms with Crippen molar-refractivity contribution in [1.82, 2.24) is 9.80 Å². The van der Waals surface area contributed by atoms with E-state index in [1.165, 1.54) is 38.0 Å². The first-order valence-corrected chi connectivity index (χ1v) is 7.50. The van der Waals surface area contributed by atoms with E-state index in [2.05, 4.69) is 44.2 Å². The van der Waals surface area contributed by atoms with Crippen molar-refractivity contribution in [3.8, 4) is 0 Å². The lowest BCUT2D eigenvalue weighted by Crippen LogP contribution is -2.43. The third-order valence-corrected chi connectivity index (χ3v) is 5.11. The minimum absolute atomic E-state index is 0.625. The normalized spacial score (nSPS) is 37.7. The largest absolute Gasteiger partial charge is 0.486 e. The lowest BCUT2D eigenvalue weighted by atomic mass is 9.95. The second kappa shape index (κ2) is 4.14. The Balaban J connectivity index is 1.55. The number of nitrogens with zero attached hydrogens (tertiary/aromatic N) is 2. The Labute approximate surface area is 116 Å². The van der Waals surface area contributed by atoms with Crippen LogP contribution in [0, 0.1) is 5.92 Å². The van der Waals surface area contributed by atoms with Crippen molar-refractivity contribution in [2.24, 2.45) is 5.92 Å². The quantitative estimate of drug-likeness (QED) is 0.740. The molecule has 4 heteroatoms. The number of piperidine rings is 1. The third kappa shape index (κ3) is 1.74. The van der Waals surface area contributed by atoms with Gasteiger partial charge in [0.15, 0.2) is 0 Å². The van der Waals surface area contributed by atoms with Gasteiger partial charge >= 0.3 is 0 Å². The van der Waals surface area contributed by atoms with Gasteiger partial charge in [-0.1, -0.05) is 15.9 Å². The van der Waals surface area contributed by atoms with E-state index in [9.17, 15) is 0 Å². The number of fused-ring (bicyclic) bond motifs is 3. The summed E-state index contributed by atoms with van der Waals surface area (Å²) in [6, 6.07) is 0.625. The minimum atomic E-state index is 0.625. The van der Waals surface area contributed by atoms with Crippen LogP contribution in [0.15, 0.2) is 34.3 Å². The molecule has 0 aromatic rings. The smallest absolute Gasteiger partial charge is 0.144 e. The van der Waals surface area contributed by atoms with Gasteiger partial charge < -0.3 is 14.5 Å². The van der Waals surface area contributed by atoms with Crippen molar-refractivity contribution >= 4 is 15.9 Å². The van der Waals surface area contributed by atoms with E-state index in [0.29, 0.717) is 12.6 Å². The summed E-state index contributed by atoms with van der Waals surface area (Å²) in [5.74, 6) is 1.93. The van der Waals surface area contributed by atoms with Crippen molar-refractivity contribution in [2.45, 2.75) is 18.9 Å². The van der Waals surface area contributed by atoms with Gasteiger partial charge in [-0.2, -0.15) is 0 Å². The van der Waals surface area contributed by atoms with Crippen molar-refractivity contribution in [3.05, 3.63) is 34.3 Å². The summed E-state index contributed by atoms with van der Waals surface area (Å²) in [6.45, 7) is 4.49. The van der Waals surface area contributed by atoms with Gasteiger partial charge in [-0.25, -0.2) is 0 Å². The van der Waals surface area contributed by atoms with Gasteiger partial charge in [0.1, 0.15) is 12.4 Å². The van der Waals surface area contributed by atoms with Gasteiger partial charge in [0.25, 0.3) is 0 Å². The maximum Gasteiger partial charge on any atom is 0.144 e. The highest BCUT2D eigenvalue weighted by atomic mass is 79.9. The Morgan fingerprint density at radius 3 is 3.17 bits per heavy atom. The standard InChI is InChI=1S/C14H17BrN2O/c15-13-9-18-14-8-17(4-2-12(13)14)11-5-10-1-3-16(6-10)7-11/h2,4,8,10-11H,1,3,5-7,9H2/t10-,11-/m1/s1. The summed E-state index contributed by atoms with van der Waals surface area (Å²) in [5, 5.41) is 0. The molecule has 4 heterocycles. The monoisotopic (exact) mass is 308 g/mol. The average molecular weight is 309 g/mol. The van der Waals surface area contributed by atoms with Gasteiger partial charge in [0.05, 0.1) is 0 Å². The first-order chi connectivity index (χ1) is 8.79. The van der Waals surface area contributed by atoms with Crippen LogP contribution in [0.25, 0.3) is 0 Å². The van der Waals surface area contributed by atoms with E-state index in [-0.39, 0.29) is 0 Å². The van der Waals surface area contributed by atoms with E-state index in [1.54, 1.807) is 0 Å². The second-order valence-corrected chi connectivity index (χ2v) is 6.62. The molecule has 0 aromatic carbocycles. The highest BCUT2D eigenvalue weighted by Gasteiger charge is 2.35. The Morgan fingerprint density at radius 1 is 1.33 bits per heavy atom. The Morgan fingerprint density at radius 2 is 2.28 bits per heavy atom. The molecular weight excluding hydrogens is 292 g/mol. The van der Waals surface area contributed by atoms with Crippen LogP contribution in [-0.2, 0) is 4.74 Å². The molecule has 96 valence electrons. The summed E-state index contributed by atoms with van der Waals surface area (Å²) < 4.78 is 6.86. The maximum atomic E-state index is 5.69. The molecule has 0 spiro atoms. The molecule has 2 fully saturated rings. The van der Waals surface area contributed by atoms with Crippen LogP contribution in [0.1, 0.15) is 12.8 Å². The number of allylic oxidation sites excluding steroid dienone is 1. The molecule has 2 bridgehead atoms. The zero-order valence-corrected chi connectivity index (χ0v) is 11.9. The van der Waals surface area contributed by atoms with Crippen molar-refractivity contribution < 1.29 is 4.74 Å². The molecule has 0 N–H and O–H groups in total. The van der Waals surface area contributed by atoms with E-state index in [4.69, 9.17) is 4.74 Å². The summed E-state index contributed by atoms with van der Waals surface area (Å²) in [6.07, 6.45) is 9.28. The molecule has 0 aliphatic carbocycles. The van der Waals surface area contributed by atoms with Crippen molar-refractivity contribution in [3.63, 3.8) is 0 Å². The maximum absolute atomic E-state index is 5.69. The number of ether oxygens (including phenoxy) is 1. The predicted octanol–water partition coefficient (Wildman–Crippen LogP) is 2.43. The fraction of sp³-hybridized carbons (Fsp3) is 0.571. The fourth-order valence-corrected chi connectivity index (χ4v) is 3.96. The van der Waals surface area contributed by atoms with E-state index in [0.717, 1.165) is 16.2 Å². The average Bonchev–Trinajstić information content (AvgIpc) is 2.93. The molecular formula is C14H17BrN2O. The predicted molar refractivity (Wildman–Crippen MR) is 73.9 cm³/mol. The summed E-state index contributed by atoms with van der Waals surface area (Å²) in [5.41, 5.74) is 1.21. The molecule has 0 aromatic heterocycles. The molecule has 0 saturated carbocycles. The highest BCUT2D eigenvalue weighted by molar-refractivity contribution is 9.11. The molecule has 4 rings (SSSR count). The van der Waals surface area contributed by atoms with Crippen LogP contribution >= 0.6 is 15.9 Å². The number of halogens is 1. The first-order valence-electron chi connectivity index (χ1n) is 6.71. The van der Waals surface area contributed by atoms with Crippen molar-refractivity contribution in [2.75, 3.05) is 26.2 Å². The minimum Gasteiger partial charge on any atom is -0.486 e. The van der Waals surface area contributed by atoms with Crippen LogP contribution in [0.5, 0.6) is 0 Å². The van der Waals surface area contributed by atoms with Gasteiger partial charge in [-0.05, 0) is 31.4 Å². The Bertz CT molecular complexity index is 456. The van der Waals surface area contributed by atoms with Gasteiger partial charge in [-0.15, -0.1) is 0 Å². The van der Waals surface area contributed by atoms with E-state index >= 15 is 0 Å². The lowest BCUT2D eigenvalue weighted by molar-refractivity contribution is 0.167. The zero-order valence-electron chi connectivity index (χ0n) is 10.3. The Hall–Kier alpha value is -0.740. The SMILES string of the molecule is BrC1=C2C=CN([C@@H]3C[C@H]4CCN(C4)C3)C=C2OC1. The molecule has 4 aliphatic rings. The molecule has 1 unspecified atom stereocenters. The molecule has 0 amide bonds. The molecule has 4 aliphatic heterocycles. The fourth-order valence-electron chi connectivity index (χ4n) is 3.52. The number of hydrogen-bond acceptors (Lipinski definition) is 3. The van der Waals surface area contributed by atoms with E-state index < -0.39 is 0 Å². The number of rotatable bonds is 1. The molecule has 18 heavy (non-hydrogen) atoms. The van der Waals surface area contributed by atoms with Crippen LogP contribution in [0.4, 0.5) is 0 Å². The van der Waals surface area contributed by atoms with Crippen LogP contribution in [-0.4, -0.2) is 42.1 Å². The van der Waals surface area contributed by atoms with Crippen molar-refractivity contribution in [1.29, 1.82) is 0 Å². The van der Waals surface area contributed by atoms with Crippen LogP contribution < -0.4 is 0 Å². The van der Waals surface area contributed by atoms with E-state index in [1.807, 2.05) is 0 Å². The number of hydrogen-bond donors (Lipinski definition) is 0.